The number of nitriles is 1. The molecule has 0 unspecified atom stereocenters. The van der Waals surface area contributed by atoms with Gasteiger partial charge in [-0.2, -0.15) is 5.26 Å². The number of non-ortho nitro benzene ring substituents is 1. The van der Waals surface area contributed by atoms with Crippen molar-refractivity contribution in [2.75, 3.05) is 0 Å². The van der Waals surface area contributed by atoms with E-state index in [1.54, 1.807) is 24.3 Å². The summed E-state index contributed by atoms with van der Waals surface area (Å²) >= 11 is 2.54. The lowest BCUT2D eigenvalue weighted by molar-refractivity contribution is -0.384. The maximum absolute atomic E-state index is 11.0. The third kappa shape index (κ3) is 3.68. The third-order valence-electron chi connectivity index (χ3n) is 3.03. The van der Waals surface area contributed by atoms with Crippen LogP contribution in [0, 0.1) is 21.4 Å². The van der Waals surface area contributed by atoms with Gasteiger partial charge in [-0.05, 0) is 30.0 Å². The summed E-state index contributed by atoms with van der Waals surface area (Å²) in [6.45, 7) is 0. The van der Waals surface area contributed by atoms with Crippen LogP contribution >= 0.6 is 23.1 Å². The summed E-state index contributed by atoms with van der Waals surface area (Å²) in [5.74, 6) is -0.518. The fourth-order valence-electron chi connectivity index (χ4n) is 1.90. The molecular formula is C15H8N4O4S2. The Morgan fingerprint density at radius 3 is 2.92 bits per heavy atom. The Kier molecular flexibility index (Phi) is 4.51. The second-order valence-electron chi connectivity index (χ2n) is 4.68. The van der Waals surface area contributed by atoms with Gasteiger partial charge in [0.05, 0.1) is 15.1 Å². The van der Waals surface area contributed by atoms with E-state index in [1.165, 1.54) is 41.3 Å². The Morgan fingerprint density at radius 2 is 2.24 bits per heavy atom. The highest BCUT2D eigenvalue weighted by Crippen LogP contribution is 2.36. The van der Waals surface area contributed by atoms with Crippen LogP contribution in [0.25, 0.3) is 16.3 Å². The number of primary amides is 1. The van der Waals surface area contributed by atoms with Crippen LogP contribution in [-0.4, -0.2) is 15.8 Å². The highest BCUT2D eigenvalue weighted by Gasteiger charge is 2.13. The fourth-order valence-corrected chi connectivity index (χ4v) is 3.91. The van der Waals surface area contributed by atoms with E-state index in [9.17, 15) is 14.9 Å². The number of fused-ring (bicyclic) bond motifs is 1. The summed E-state index contributed by atoms with van der Waals surface area (Å²) in [7, 11) is 0. The van der Waals surface area contributed by atoms with Crippen molar-refractivity contribution in [2.24, 2.45) is 5.73 Å². The molecule has 25 heavy (non-hydrogen) atoms. The highest BCUT2D eigenvalue weighted by molar-refractivity contribution is 8.01. The molecule has 2 aromatic heterocycles. The van der Waals surface area contributed by atoms with Crippen LogP contribution in [0.15, 0.2) is 49.8 Å². The Balaban J connectivity index is 1.84. The summed E-state index contributed by atoms with van der Waals surface area (Å²) in [6.07, 6.45) is 1.26. The lowest BCUT2D eigenvalue weighted by Crippen LogP contribution is -2.12. The van der Waals surface area contributed by atoms with Gasteiger partial charge in [-0.3, -0.25) is 14.9 Å². The number of nitro benzene ring substituents is 1. The standard InChI is InChI=1S/C15H8N4O4S2/c16-7-8(14(17)20)5-10-2-4-13(23-10)25-15-18-11-3-1-9(19(21)22)6-12(11)24-15/h1-6H,(H2,17,20)/b8-5+. The van der Waals surface area contributed by atoms with Crippen LogP contribution in [0.5, 0.6) is 0 Å². The van der Waals surface area contributed by atoms with Crippen molar-refractivity contribution in [3.8, 4) is 6.07 Å². The number of benzene rings is 1. The number of rotatable bonds is 5. The molecule has 0 aliphatic carbocycles. The first-order valence-electron chi connectivity index (χ1n) is 6.70. The number of nitrogens with zero attached hydrogens (tertiary/aromatic N) is 3. The van der Waals surface area contributed by atoms with Gasteiger partial charge in [-0.15, -0.1) is 11.3 Å². The second kappa shape index (κ2) is 6.76. The Bertz CT molecular complexity index is 1060. The van der Waals surface area contributed by atoms with E-state index in [4.69, 9.17) is 15.4 Å². The first-order valence-corrected chi connectivity index (χ1v) is 8.34. The summed E-state index contributed by atoms with van der Waals surface area (Å²) in [6, 6.07) is 9.43. The van der Waals surface area contributed by atoms with Gasteiger partial charge in [-0.1, -0.05) is 0 Å². The number of nitrogens with two attached hydrogens (primary N) is 1. The SMILES string of the molecule is N#C/C(=C\c1ccc(Sc2nc3ccc([N+](=O)[O-])cc3s2)o1)C(N)=O. The molecule has 0 spiro atoms. The minimum absolute atomic E-state index is 0.00797. The summed E-state index contributed by atoms with van der Waals surface area (Å²) in [5, 5.41) is 20.1. The van der Waals surface area contributed by atoms with E-state index < -0.39 is 10.8 Å². The van der Waals surface area contributed by atoms with E-state index in [2.05, 4.69) is 4.98 Å². The predicted molar refractivity (Wildman–Crippen MR) is 91.9 cm³/mol. The van der Waals surface area contributed by atoms with Gasteiger partial charge in [0.15, 0.2) is 9.43 Å². The maximum atomic E-state index is 11.0. The average Bonchev–Trinajstić information content (AvgIpc) is 3.17. The fraction of sp³-hybridized carbons (Fsp3) is 0. The molecule has 0 radical (unpaired) electrons. The lowest BCUT2D eigenvalue weighted by atomic mass is 10.2. The van der Waals surface area contributed by atoms with Crippen LogP contribution in [-0.2, 0) is 4.79 Å². The van der Waals surface area contributed by atoms with E-state index in [1.807, 2.05) is 0 Å². The van der Waals surface area contributed by atoms with Crippen molar-refractivity contribution >= 4 is 51.0 Å². The van der Waals surface area contributed by atoms with E-state index in [0.717, 1.165) is 0 Å². The van der Waals surface area contributed by atoms with Crippen molar-refractivity contribution in [3.05, 3.63) is 51.8 Å². The number of furan rings is 1. The molecule has 0 saturated heterocycles. The predicted octanol–water partition coefficient (Wildman–Crippen LogP) is 3.34. The van der Waals surface area contributed by atoms with Crippen molar-refractivity contribution in [1.29, 1.82) is 5.26 Å². The lowest BCUT2D eigenvalue weighted by Gasteiger charge is -1.91. The minimum Gasteiger partial charge on any atom is -0.450 e. The number of amides is 1. The van der Waals surface area contributed by atoms with Gasteiger partial charge in [0.25, 0.3) is 11.6 Å². The first-order chi connectivity index (χ1) is 12.0. The van der Waals surface area contributed by atoms with Crippen LogP contribution in [0.3, 0.4) is 0 Å². The zero-order chi connectivity index (χ0) is 18.0. The smallest absolute Gasteiger partial charge is 0.270 e. The number of hydrogen-bond donors (Lipinski definition) is 1. The summed E-state index contributed by atoms with van der Waals surface area (Å²) in [4.78, 5) is 25.8. The Labute approximate surface area is 148 Å². The average molecular weight is 372 g/mol. The molecular weight excluding hydrogens is 364 g/mol. The number of aromatic nitrogens is 1. The maximum Gasteiger partial charge on any atom is 0.270 e. The van der Waals surface area contributed by atoms with E-state index in [-0.39, 0.29) is 11.3 Å². The first kappa shape index (κ1) is 16.7. The van der Waals surface area contributed by atoms with Crippen molar-refractivity contribution in [3.63, 3.8) is 0 Å². The van der Waals surface area contributed by atoms with Gasteiger partial charge in [0.2, 0.25) is 0 Å². The van der Waals surface area contributed by atoms with Gasteiger partial charge in [0.1, 0.15) is 17.4 Å². The zero-order valence-electron chi connectivity index (χ0n) is 12.3. The number of nitro groups is 1. The van der Waals surface area contributed by atoms with E-state index >= 15 is 0 Å². The molecule has 0 atom stereocenters. The zero-order valence-corrected chi connectivity index (χ0v) is 14.0. The molecule has 3 rings (SSSR count). The van der Waals surface area contributed by atoms with Crippen molar-refractivity contribution in [2.45, 2.75) is 9.43 Å². The van der Waals surface area contributed by atoms with Crippen LogP contribution in [0.2, 0.25) is 0 Å². The molecule has 0 saturated carbocycles. The Hall–Kier alpha value is -3.16. The van der Waals surface area contributed by atoms with Gasteiger partial charge in [-0.25, -0.2) is 4.98 Å². The summed E-state index contributed by atoms with van der Waals surface area (Å²) < 4.78 is 6.86. The number of carbonyl (C=O) groups is 1. The van der Waals surface area contributed by atoms with Crippen molar-refractivity contribution < 1.29 is 14.1 Å². The number of hydrogen-bond acceptors (Lipinski definition) is 8. The molecule has 8 nitrogen and oxygen atoms in total. The molecule has 1 aromatic carbocycles. The molecule has 124 valence electrons. The largest absolute Gasteiger partial charge is 0.450 e. The second-order valence-corrected chi connectivity index (χ2v) is 6.96. The molecule has 2 heterocycles. The molecule has 0 aliphatic heterocycles. The Morgan fingerprint density at radius 1 is 1.44 bits per heavy atom. The highest BCUT2D eigenvalue weighted by atomic mass is 32.2. The molecule has 0 fully saturated rings. The molecule has 10 heteroatoms. The van der Waals surface area contributed by atoms with Gasteiger partial charge >= 0.3 is 0 Å². The quantitative estimate of drug-likeness (QED) is 0.314. The third-order valence-corrected chi connectivity index (χ3v) is 5.03. The molecule has 3 aromatic rings. The summed E-state index contributed by atoms with van der Waals surface area (Å²) in [5.41, 5.74) is 5.52. The molecule has 0 aliphatic rings. The van der Waals surface area contributed by atoms with Crippen molar-refractivity contribution in [1.82, 2.24) is 4.98 Å². The van der Waals surface area contributed by atoms with E-state index in [0.29, 0.717) is 25.4 Å². The number of thiazole rings is 1. The van der Waals surface area contributed by atoms with Gasteiger partial charge in [0, 0.05) is 18.2 Å². The molecule has 2 N–H and O–H groups in total. The normalized spacial score (nSPS) is 11.4. The van der Waals surface area contributed by atoms with Gasteiger partial charge < -0.3 is 10.2 Å². The topological polar surface area (TPSA) is 136 Å². The number of carbonyl (C=O) groups excluding carboxylic acids is 1. The molecule has 0 bridgehead atoms. The van der Waals surface area contributed by atoms with Crippen LogP contribution in [0.1, 0.15) is 5.76 Å². The van der Waals surface area contributed by atoms with Crippen LogP contribution < -0.4 is 5.73 Å². The molecule has 1 amide bonds. The minimum atomic E-state index is -0.833. The van der Waals surface area contributed by atoms with Crippen LogP contribution in [0.4, 0.5) is 5.69 Å². The monoisotopic (exact) mass is 372 g/mol.